The molecule has 4 rings (SSSR count). The van der Waals surface area contributed by atoms with Crippen LogP contribution in [-0.4, -0.2) is 33.2 Å². The summed E-state index contributed by atoms with van der Waals surface area (Å²) in [6, 6.07) is 7.54. The number of imidazole rings is 1. The molecule has 132 valence electrons. The molecule has 1 saturated heterocycles. The third-order valence-corrected chi connectivity index (χ3v) is 4.84. The van der Waals surface area contributed by atoms with E-state index in [0.29, 0.717) is 23.5 Å². The summed E-state index contributed by atoms with van der Waals surface area (Å²) < 4.78 is 7.64. The molecule has 2 aromatic heterocycles. The molecule has 1 aromatic carbocycles. The molecule has 1 aliphatic heterocycles. The van der Waals surface area contributed by atoms with Crippen LogP contribution in [0.3, 0.4) is 0 Å². The zero-order valence-corrected chi connectivity index (χ0v) is 15.3. The Morgan fingerprint density at radius 3 is 2.96 bits per heavy atom. The van der Waals surface area contributed by atoms with E-state index in [1.54, 1.807) is 24.4 Å². The zero-order valence-electron chi connectivity index (χ0n) is 15.3. The Hall–Kier alpha value is -2.38. The summed E-state index contributed by atoms with van der Waals surface area (Å²) in [5.41, 5.74) is 2.73. The van der Waals surface area contributed by atoms with E-state index in [0.717, 1.165) is 29.3 Å². The fourth-order valence-electron chi connectivity index (χ4n) is 3.75. The third kappa shape index (κ3) is 3.57. The number of benzene rings is 1. The van der Waals surface area contributed by atoms with E-state index in [9.17, 15) is 15.2 Å². The number of ether oxygens (including phenoxy) is 1. The average molecular weight is 356 g/mol. The second-order valence-corrected chi connectivity index (χ2v) is 6.64. The summed E-state index contributed by atoms with van der Waals surface area (Å²) >= 11 is 0. The van der Waals surface area contributed by atoms with Crippen LogP contribution in [0.25, 0.3) is 21.9 Å². The van der Waals surface area contributed by atoms with Crippen LogP contribution in [0.5, 0.6) is 0 Å². The molecule has 2 atom stereocenters. The molecule has 7 nitrogen and oxygen atoms in total. The predicted molar refractivity (Wildman–Crippen MR) is 92.1 cm³/mol. The maximum Gasteiger partial charge on any atom is 1.00 e. The van der Waals surface area contributed by atoms with Gasteiger partial charge in [-0.2, -0.15) is 5.26 Å². The number of rotatable bonds is 3. The molecular weight excluding hydrogens is 339 g/mol. The topological polar surface area (TPSA) is 104 Å². The van der Waals surface area contributed by atoms with E-state index in [1.807, 2.05) is 11.5 Å². The number of carboxylic acids is 1. The zero-order chi connectivity index (χ0) is 18.3. The van der Waals surface area contributed by atoms with Gasteiger partial charge in [-0.1, -0.05) is 0 Å². The number of carbonyl (C=O) groups excluding carboxylic acids is 1. The first kappa shape index (κ1) is 19.4. The molecule has 0 N–H and O–H groups in total. The Bertz CT molecular complexity index is 1060. The fraction of sp³-hybridized carbons (Fsp3) is 0.368. The predicted octanol–water partition coefficient (Wildman–Crippen LogP) is -1.51. The number of nitriles is 1. The molecule has 8 heteroatoms. The first-order valence-electron chi connectivity index (χ1n) is 8.58. The van der Waals surface area contributed by atoms with Crippen LogP contribution in [0.15, 0.2) is 24.4 Å². The molecule has 0 saturated carbocycles. The van der Waals surface area contributed by atoms with Crippen LogP contribution < -0.4 is 24.0 Å². The van der Waals surface area contributed by atoms with Crippen LogP contribution in [0, 0.1) is 11.3 Å². The van der Waals surface area contributed by atoms with Gasteiger partial charge in [-0.05, 0) is 38.0 Å². The van der Waals surface area contributed by atoms with Crippen LogP contribution >= 0.6 is 0 Å². The molecule has 0 spiro atoms. The van der Waals surface area contributed by atoms with Gasteiger partial charge < -0.3 is 19.2 Å². The van der Waals surface area contributed by atoms with Gasteiger partial charge in [-0.15, -0.1) is 0 Å². The average Bonchev–Trinajstić information content (AvgIpc) is 2.98. The van der Waals surface area contributed by atoms with Crippen molar-refractivity contribution in [2.45, 2.75) is 38.3 Å². The van der Waals surface area contributed by atoms with Crippen molar-refractivity contribution in [1.29, 1.82) is 5.26 Å². The Labute approximate surface area is 168 Å². The van der Waals surface area contributed by atoms with Gasteiger partial charge in [0.05, 0.1) is 35.0 Å². The number of hydrogen-bond acceptors (Lipinski definition) is 6. The second kappa shape index (κ2) is 7.70. The summed E-state index contributed by atoms with van der Waals surface area (Å²) in [6.45, 7) is 2.62. The quantitative estimate of drug-likeness (QED) is 0.529. The maximum atomic E-state index is 11.3. The summed E-state index contributed by atoms with van der Waals surface area (Å²) in [6.07, 6.45) is 3.02. The van der Waals surface area contributed by atoms with Gasteiger partial charge in [0.1, 0.15) is 11.3 Å². The molecule has 27 heavy (non-hydrogen) atoms. The number of carbonyl (C=O) groups is 1. The minimum Gasteiger partial charge on any atom is -0.550 e. The van der Waals surface area contributed by atoms with E-state index in [2.05, 4.69) is 16.0 Å². The molecule has 0 bridgehead atoms. The van der Waals surface area contributed by atoms with Crippen molar-refractivity contribution < 1.29 is 33.5 Å². The number of fused-ring (bicyclic) bond motifs is 3. The van der Waals surface area contributed by atoms with Crippen molar-refractivity contribution in [2.75, 3.05) is 6.61 Å². The van der Waals surface area contributed by atoms with Gasteiger partial charge in [0, 0.05) is 30.4 Å². The van der Waals surface area contributed by atoms with Crippen molar-refractivity contribution in [3.8, 4) is 6.07 Å². The van der Waals surface area contributed by atoms with Crippen LogP contribution in [0.4, 0.5) is 0 Å². The minimum atomic E-state index is -1.17. The summed E-state index contributed by atoms with van der Waals surface area (Å²) in [5.74, 6) is -0.715. The van der Waals surface area contributed by atoms with E-state index in [-0.39, 0.29) is 37.4 Å². The van der Waals surface area contributed by atoms with E-state index >= 15 is 0 Å². The largest absolute Gasteiger partial charge is 1.00 e. The van der Waals surface area contributed by atoms with Crippen LogP contribution in [0.2, 0.25) is 0 Å². The molecule has 3 heterocycles. The van der Waals surface area contributed by atoms with Gasteiger partial charge in [0.2, 0.25) is 0 Å². The smallest absolute Gasteiger partial charge is 0.550 e. The van der Waals surface area contributed by atoms with E-state index in [1.165, 1.54) is 0 Å². The summed E-state index contributed by atoms with van der Waals surface area (Å²) in [7, 11) is 0. The molecule has 1 fully saturated rings. The van der Waals surface area contributed by atoms with Crippen LogP contribution in [-0.2, 0) is 16.0 Å². The van der Waals surface area contributed by atoms with Gasteiger partial charge in [-0.3, -0.25) is 4.98 Å². The Morgan fingerprint density at radius 2 is 2.26 bits per heavy atom. The standard InChI is InChI=1S/C19H18N4O3.Li/c1-11-6-13(4-5-26-11)23-17(8-18(24)25)22-16-10-21-15-3-2-12(9-20)7-14(15)19(16)23;/h2-3,7,10-11,13H,4-6,8H2,1H3,(H,24,25);/q;+1/p-1/t11-,13-;/m1./s1. The number of aromatic nitrogens is 3. The minimum absolute atomic E-state index is 0. The van der Waals surface area contributed by atoms with Crippen molar-refractivity contribution in [2.24, 2.45) is 0 Å². The van der Waals surface area contributed by atoms with Crippen molar-refractivity contribution in [1.82, 2.24) is 14.5 Å². The van der Waals surface area contributed by atoms with Crippen molar-refractivity contribution in [3.63, 3.8) is 0 Å². The van der Waals surface area contributed by atoms with E-state index < -0.39 is 5.97 Å². The number of hydrogen-bond donors (Lipinski definition) is 0. The van der Waals surface area contributed by atoms with Gasteiger partial charge in [0.25, 0.3) is 0 Å². The molecular formula is C19H17LiN4O3. The fourth-order valence-corrected chi connectivity index (χ4v) is 3.75. The number of pyridine rings is 1. The number of aliphatic carboxylic acids is 1. The van der Waals surface area contributed by atoms with Gasteiger partial charge in [-0.25, -0.2) is 4.98 Å². The summed E-state index contributed by atoms with van der Waals surface area (Å²) in [4.78, 5) is 20.2. The Morgan fingerprint density at radius 1 is 1.44 bits per heavy atom. The van der Waals surface area contributed by atoms with Gasteiger partial charge >= 0.3 is 18.9 Å². The van der Waals surface area contributed by atoms with E-state index in [4.69, 9.17) is 4.74 Å². The number of nitrogens with zero attached hydrogens (tertiary/aromatic N) is 4. The number of carboxylic acid groups (broad SMARTS) is 1. The third-order valence-electron chi connectivity index (χ3n) is 4.84. The molecule has 3 aromatic rings. The molecule has 0 aliphatic carbocycles. The SMILES string of the molecule is C[C@@H]1C[C@H](n2c(CC(=O)[O-])nc3cnc4ccc(C#N)cc4c32)CCO1.[Li+]. The van der Waals surface area contributed by atoms with Crippen LogP contribution in [0.1, 0.15) is 37.2 Å². The Kier molecular flexibility index (Phi) is 5.53. The normalized spacial score (nSPS) is 19.6. The first-order valence-corrected chi connectivity index (χ1v) is 8.58. The maximum absolute atomic E-state index is 11.3. The summed E-state index contributed by atoms with van der Waals surface area (Å²) in [5, 5.41) is 21.3. The molecule has 0 amide bonds. The first-order chi connectivity index (χ1) is 12.6. The molecule has 1 aliphatic rings. The second-order valence-electron chi connectivity index (χ2n) is 6.64. The Balaban J connectivity index is 0.00000210. The van der Waals surface area contributed by atoms with Crippen molar-refractivity contribution >= 4 is 27.9 Å². The van der Waals surface area contributed by atoms with Crippen molar-refractivity contribution in [3.05, 3.63) is 35.8 Å². The monoisotopic (exact) mass is 356 g/mol. The van der Waals surface area contributed by atoms with Gasteiger partial charge in [0.15, 0.2) is 0 Å². The molecule has 0 unspecified atom stereocenters. The molecule has 0 radical (unpaired) electrons.